The van der Waals surface area contributed by atoms with Gasteiger partial charge in [0.15, 0.2) is 0 Å². The molecule has 2 rings (SSSR count). The lowest BCUT2D eigenvalue weighted by atomic mass is 10.0. The Bertz CT molecular complexity index is 560. The molecule has 0 aromatic heterocycles. The highest BCUT2D eigenvalue weighted by Crippen LogP contribution is 2.33. The molecule has 0 N–H and O–H groups in total. The van der Waals surface area contributed by atoms with E-state index in [4.69, 9.17) is 23.2 Å². The van der Waals surface area contributed by atoms with Gasteiger partial charge in [-0.05, 0) is 25.0 Å². The van der Waals surface area contributed by atoms with Crippen molar-refractivity contribution in [1.29, 1.82) is 0 Å². The van der Waals surface area contributed by atoms with Crippen LogP contribution >= 0.6 is 23.2 Å². The maximum Gasteiger partial charge on any atom is 0.246 e. The van der Waals surface area contributed by atoms with Crippen LogP contribution in [0.4, 0.5) is 0 Å². The molecule has 0 radical (unpaired) electrons. The summed E-state index contributed by atoms with van der Waals surface area (Å²) in [5.74, 6) is -0.0619. The van der Waals surface area contributed by atoms with Crippen LogP contribution in [0.2, 0.25) is 10.0 Å². The van der Waals surface area contributed by atoms with Crippen LogP contribution in [-0.4, -0.2) is 32.1 Å². The molecule has 1 fully saturated rings. The van der Waals surface area contributed by atoms with E-state index in [-0.39, 0.29) is 20.9 Å². The SMILES string of the molecule is O=CC1CCN(S(=O)(=O)c2c(Cl)cccc2Cl)CC1. The van der Waals surface area contributed by atoms with Crippen LogP contribution < -0.4 is 0 Å². The minimum atomic E-state index is -3.70. The molecule has 0 unspecified atom stereocenters. The Kier molecular flexibility index (Phi) is 4.50. The van der Waals surface area contributed by atoms with E-state index < -0.39 is 10.0 Å². The zero-order valence-electron chi connectivity index (χ0n) is 10.1. The van der Waals surface area contributed by atoms with Gasteiger partial charge >= 0.3 is 0 Å². The normalized spacial score (nSPS) is 18.4. The number of hydrogen-bond acceptors (Lipinski definition) is 3. The van der Waals surface area contributed by atoms with E-state index in [1.807, 2.05) is 0 Å². The second kappa shape index (κ2) is 5.79. The molecule has 104 valence electrons. The lowest BCUT2D eigenvalue weighted by molar-refractivity contribution is -0.112. The van der Waals surface area contributed by atoms with E-state index in [2.05, 4.69) is 0 Å². The van der Waals surface area contributed by atoms with Gasteiger partial charge < -0.3 is 4.79 Å². The first-order valence-electron chi connectivity index (χ1n) is 5.86. The molecule has 1 saturated heterocycles. The summed E-state index contributed by atoms with van der Waals surface area (Å²) < 4.78 is 26.3. The Labute approximate surface area is 122 Å². The first kappa shape index (κ1) is 14.8. The zero-order chi connectivity index (χ0) is 14.0. The number of aldehydes is 1. The Morgan fingerprint density at radius 1 is 1.16 bits per heavy atom. The molecule has 19 heavy (non-hydrogen) atoms. The predicted octanol–water partition coefficient (Wildman–Crippen LogP) is 2.59. The number of benzene rings is 1. The lowest BCUT2D eigenvalue weighted by Gasteiger charge is -2.29. The molecule has 0 saturated carbocycles. The number of hydrogen-bond donors (Lipinski definition) is 0. The Morgan fingerprint density at radius 3 is 2.16 bits per heavy atom. The van der Waals surface area contributed by atoms with E-state index in [1.165, 1.54) is 16.4 Å². The summed E-state index contributed by atoms with van der Waals surface area (Å²) in [7, 11) is -3.70. The minimum absolute atomic E-state index is 0.0529. The van der Waals surface area contributed by atoms with Crippen LogP contribution in [-0.2, 0) is 14.8 Å². The summed E-state index contributed by atoms with van der Waals surface area (Å²) in [6.45, 7) is 0.626. The van der Waals surface area contributed by atoms with Crippen molar-refractivity contribution in [3.05, 3.63) is 28.2 Å². The Hall–Kier alpha value is -0.620. The third-order valence-corrected chi connectivity index (χ3v) is 6.06. The van der Waals surface area contributed by atoms with Crippen LogP contribution in [0, 0.1) is 5.92 Å². The molecule has 1 aromatic rings. The first-order chi connectivity index (χ1) is 8.96. The van der Waals surface area contributed by atoms with Crippen molar-refractivity contribution in [2.75, 3.05) is 13.1 Å². The highest BCUT2D eigenvalue weighted by molar-refractivity contribution is 7.89. The van der Waals surface area contributed by atoms with Crippen LogP contribution in [0.1, 0.15) is 12.8 Å². The summed E-state index contributed by atoms with van der Waals surface area (Å²) in [4.78, 5) is 10.6. The Balaban J connectivity index is 2.31. The number of carbonyl (C=O) groups excluding carboxylic acids is 1. The highest BCUT2D eigenvalue weighted by atomic mass is 35.5. The van der Waals surface area contributed by atoms with Gasteiger partial charge in [0.05, 0.1) is 10.0 Å². The standard InChI is InChI=1S/C12H13Cl2NO3S/c13-10-2-1-3-11(14)12(10)19(17,18)15-6-4-9(8-16)5-7-15/h1-3,8-9H,4-7H2. The fourth-order valence-electron chi connectivity index (χ4n) is 2.11. The molecule has 0 bridgehead atoms. The highest BCUT2D eigenvalue weighted by Gasteiger charge is 2.32. The average molecular weight is 322 g/mol. The van der Waals surface area contributed by atoms with Crippen molar-refractivity contribution in [3.8, 4) is 0 Å². The van der Waals surface area contributed by atoms with Gasteiger partial charge in [-0.25, -0.2) is 8.42 Å². The molecular weight excluding hydrogens is 309 g/mol. The lowest BCUT2D eigenvalue weighted by Crippen LogP contribution is -2.39. The van der Waals surface area contributed by atoms with Crippen molar-refractivity contribution < 1.29 is 13.2 Å². The molecule has 1 heterocycles. The second-order valence-corrected chi connectivity index (χ2v) is 7.12. The van der Waals surface area contributed by atoms with Crippen molar-refractivity contribution >= 4 is 39.5 Å². The van der Waals surface area contributed by atoms with E-state index in [1.54, 1.807) is 6.07 Å². The van der Waals surface area contributed by atoms with Crippen LogP contribution in [0.25, 0.3) is 0 Å². The number of carbonyl (C=O) groups is 1. The van der Waals surface area contributed by atoms with E-state index >= 15 is 0 Å². The van der Waals surface area contributed by atoms with Gasteiger partial charge in [-0.15, -0.1) is 0 Å². The number of piperidine rings is 1. The molecule has 7 heteroatoms. The van der Waals surface area contributed by atoms with Gasteiger partial charge in [0.2, 0.25) is 10.0 Å². The van der Waals surface area contributed by atoms with Crippen LogP contribution in [0.15, 0.2) is 23.1 Å². The third kappa shape index (κ3) is 2.94. The van der Waals surface area contributed by atoms with Gasteiger partial charge in [-0.2, -0.15) is 4.31 Å². The molecule has 4 nitrogen and oxygen atoms in total. The summed E-state index contributed by atoms with van der Waals surface area (Å²) in [6.07, 6.45) is 1.95. The number of nitrogens with zero attached hydrogens (tertiary/aromatic N) is 1. The summed E-state index contributed by atoms with van der Waals surface area (Å²) in [6, 6.07) is 4.60. The maximum absolute atomic E-state index is 12.5. The van der Waals surface area contributed by atoms with E-state index in [0.29, 0.717) is 25.9 Å². The molecular formula is C12H13Cl2NO3S. The van der Waals surface area contributed by atoms with E-state index in [9.17, 15) is 13.2 Å². The fourth-order valence-corrected chi connectivity index (χ4v) is 4.67. The number of halogens is 2. The molecule has 0 amide bonds. The van der Waals surface area contributed by atoms with Crippen molar-refractivity contribution in [2.24, 2.45) is 5.92 Å². The van der Waals surface area contributed by atoms with E-state index in [0.717, 1.165) is 6.29 Å². The minimum Gasteiger partial charge on any atom is -0.303 e. The van der Waals surface area contributed by atoms with Crippen molar-refractivity contribution in [1.82, 2.24) is 4.31 Å². The number of rotatable bonds is 3. The van der Waals surface area contributed by atoms with Gasteiger partial charge in [0.1, 0.15) is 11.2 Å². The molecule has 0 aliphatic carbocycles. The molecule has 1 aromatic carbocycles. The van der Waals surface area contributed by atoms with Gasteiger partial charge in [0.25, 0.3) is 0 Å². The second-order valence-electron chi connectivity index (χ2n) is 4.43. The topological polar surface area (TPSA) is 54.5 Å². The van der Waals surface area contributed by atoms with Gasteiger partial charge in [0, 0.05) is 19.0 Å². The monoisotopic (exact) mass is 321 g/mol. The predicted molar refractivity (Wildman–Crippen MR) is 74.0 cm³/mol. The molecule has 1 aliphatic heterocycles. The summed E-state index contributed by atoms with van der Waals surface area (Å²) in [5.41, 5.74) is 0. The zero-order valence-corrected chi connectivity index (χ0v) is 12.4. The van der Waals surface area contributed by atoms with Crippen LogP contribution in [0.5, 0.6) is 0 Å². The van der Waals surface area contributed by atoms with Crippen molar-refractivity contribution in [2.45, 2.75) is 17.7 Å². The summed E-state index contributed by atoms with van der Waals surface area (Å²) >= 11 is 11.9. The third-order valence-electron chi connectivity index (χ3n) is 3.21. The first-order valence-corrected chi connectivity index (χ1v) is 8.06. The van der Waals surface area contributed by atoms with Gasteiger partial charge in [-0.3, -0.25) is 0 Å². The fraction of sp³-hybridized carbons (Fsp3) is 0.417. The van der Waals surface area contributed by atoms with Crippen LogP contribution in [0.3, 0.4) is 0 Å². The van der Waals surface area contributed by atoms with Crippen molar-refractivity contribution in [3.63, 3.8) is 0 Å². The Morgan fingerprint density at radius 2 is 1.68 bits per heavy atom. The van der Waals surface area contributed by atoms with Gasteiger partial charge in [-0.1, -0.05) is 29.3 Å². The number of sulfonamides is 1. The molecule has 1 aliphatic rings. The largest absolute Gasteiger partial charge is 0.303 e. The molecule has 0 atom stereocenters. The maximum atomic E-state index is 12.5. The quantitative estimate of drug-likeness (QED) is 0.804. The smallest absolute Gasteiger partial charge is 0.246 e. The molecule has 0 spiro atoms. The summed E-state index contributed by atoms with van der Waals surface area (Å²) in [5, 5.41) is 0.232. The average Bonchev–Trinajstić information content (AvgIpc) is 2.38.